The van der Waals surface area contributed by atoms with Crippen LogP contribution < -0.4 is 0 Å². The molecule has 35 heavy (non-hydrogen) atoms. The van der Waals surface area contributed by atoms with Crippen molar-refractivity contribution in [2.75, 3.05) is 0 Å². The highest BCUT2D eigenvalue weighted by atomic mass is 19.1. The fourth-order valence-corrected chi connectivity index (χ4v) is 4.32. The lowest BCUT2D eigenvalue weighted by atomic mass is 9.98. The molecule has 2 heterocycles. The van der Waals surface area contributed by atoms with Crippen LogP contribution in [0.2, 0.25) is 0 Å². The van der Waals surface area contributed by atoms with E-state index in [4.69, 9.17) is 4.98 Å². The number of hydrogen-bond donors (Lipinski definition) is 0. The molecule has 4 aromatic carbocycles. The van der Waals surface area contributed by atoms with Crippen LogP contribution in [0.5, 0.6) is 0 Å². The Morgan fingerprint density at radius 2 is 1.03 bits per heavy atom. The predicted molar refractivity (Wildman–Crippen MR) is 141 cm³/mol. The Labute approximate surface area is 203 Å². The first-order valence-electron chi connectivity index (χ1n) is 11.5. The third-order valence-electron chi connectivity index (χ3n) is 6.26. The summed E-state index contributed by atoms with van der Waals surface area (Å²) in [5.41, 5.74) is 9.52. The molecular formula is C32H21FN2. The van der Waals surface area contributed by atoms with Crippen LogP contribution in [0.15, 0.2) is 128 Å². The molecule has 2 nitrogen and oxygen atoms in total. The van der Waals surface area contributed by atoms with Crippen molar-refractivity contribution < 1.29 is 4.39 Å². The average Bonchev–Trinajstić information content (AvgIpc) is 2.94. The molecule has 0 fully saturated rings. The van der Waals surface area contributed by atoms with E-state index in [2.05, 4.69) is 77.8 Å². The first-order valence-corrected chi connectivity index (χ1v) is 11.5. The van der Waals surface area contributed by atoms with Gasteiger partial charge in [-0.2, -0.15) is 0 Å². The van der Waals surface area contributed by atoms with Crippen molar-refractivity contribution in [3.63, 3.8) is 0 Å². The lowest BCUT2D eigenvalue weighted by Gasteiger charge is -2.08. The Kier molecular flexibility index (Phi) is 5.36. The summed E-state index contributed by atoms with van der Waals surface area (Å²) in [4.78, 5) is 9.17. The van der Waals surface area contributed by atoms with Gasteiger partial charge in [0.25, 0.3) is 0 Å². The normalized spacial score (nSPS) is 11.0. The van der Waals surface area contributed by atoms with Gasteiger partial charge >= 0.3 is 0 Å². The van der Waals surface area contributed by atoms with Gasteiger partial charge in [0.2, 0.25) is 0 Å². The molecule has 6 aromatic rings. The summed E-state index contributed by atoms with van der Waals surface area (Å²) in [6, 6.07) is 37.8. The molecule has 0 saturated carbocycles. The number of nitrogens with zero attached hydrogens (tertiary/aromatic N) is 2. The van der Waals surface area contributed by atoms with E-state index in [0.29, 0.717) is 0 Å². The number of pyridine rings is 2. The van der Waals surface area contributed by atoms with Gasteiger partial charge in [0.05, 0.1) is 11.2 Å². The molecule has 0 aliphatic rings. The van der Waals surface area contributed by atoms with Crippen LogP contribution in [0.1, 0.15) is 0 Å². The maximum Gasteiger partial charge on any atom is 0.123 e. The molecule has 2 aromatic heterocycles. The Bertz CT molecular complexity index is 1610. The third-order valence-corrected chi connectivity index (χ3v) is 6.26. The van der Waals surface area contributed by atoms with Crippen molar-refractivity contribution >= 4 is 10.9 Å². The summed E-state index contributed by atoms with van der Waals surface area (Å²) in [6.07, 6.45) is 3.74. The zero-order valence-electron chi connectivity index (χ0n) is 18.9. The molecule has 166 valence electrons. The number of fused-ring (bicyclic) bond motifs is 1. The standard InChI is InChI=1S/C32H21FN2/c33-30-16-14-23(15-17-30)22-4-6-24(7-5-22)27-12-13-28-19-29(21-35-32(28)20-27)25-8-10-26(11-9-25)31-3-1-2-18-34-31/h1-21H. The quantitative estimate of drug-likeness (QED) is 0.268. The molecule has 0 saturated heterocycles. The van der Waals surface area contributed by atoms with Crippen molar-refractivity contribution in [3.8, 4) is 44.6 Å². The number of hydrogen-bond acceptors (Lipinski definition) is 2. The van der Waals surface area contributed by atoms with E-state index in [1.54, 1.807) is 12.1 Å². The molecule has 0 N–H and O–H groups in total. The largest absolute Gasteiger partial charge is 0.256 e. The molecule has 0 bridgehead atoms. The van der Waals surface area contributed by atoms with Crippen LogP contribution in [-0.4, -0.2) is 9.97 Å². The number of aromatic nitrogens is 2. The molecular weight excluding hydrogens is 431 g/mol. The molecule has 3 heteroatoms. The van der Waals surface area contributed by atoms with Gasteiger partial charge in [0.1, 0.15) is 5.82 Å². The van der Waals surface area contributed by atoms with Crippen molar-refractivity contribution in [2.45, 2.75) is 0 Å². The number of halogens is 1. The second-order valence-corrected chi connectivity index (χ2v) is 8.51. The number of rotatable bonds is 4. The first kappa shape index (κ1) is 20.9. The zero-order valence-corrected chi connectivity index (χ0v) is 18.9. The molecule has 0 radical (unpaired) electrons. The van der Waals surface area contributed by atoms with E-state index >= 15 is 0 Å². The fourth-order valence-electron chi connectivity index (χ4n) is 4.32. The fraction of sp³-hybridized carbons (Fsp3) is 0. The summed E-state index contributed by atoms with van der Waals surface area (Å²) in [5, 5.41) is 1.10. The molecule has 0 spiro atoms. The second-order valence-electron chi connectivity index (χ2n) is 8.51. The maximum absolute atomic E-state index is 13.2. The first-order chi connectivity index (χ1) is 17.2. The highest BCUT2D eigenvalue weighted by Crippen LogP contribution is 2.30. The van der Waals surface area contributed by atoms with Crippen LogP contribution in [0.4, 0.5) is 4.39 Å². The van der Waals surface area contributed by atoms with Crippen molar-refractivity contribution in [1.82, 2.24) is 9.97 Å². The lowest BCUT2D eigenvalue weighted by molar-refractivity contribution is 0.628. The van der Waals surface area contributed by atoms with Gasteiger partial charge in [-0.25, -0.2) is 4.39 Å². The van der Waals surface area contributed by atoms with E-state index < -0.39 is 0 Å². The van der Waals surface area contributed by atoms with Crippen LogP contribution in [0, 0.1) is 5.82 Å². The Balaban J connectivity index is 1.26. The van der Waals surface area contributed by atoms with Crippen LogP contribution >= 0.6 is 0 Å². The molecule has 6 rings (SSSR count). The second kappa shape index (κ2) is 8.96. The van der Waals surface area contributed by atoms with Gasteiger partial charge in [0, 0.05) is 28.9 Å². The summed E-state index contributed by atoms with van der Waals surface area (Å²) in [7, 11) is 0. The average molecular weight is 453 g/mol. The van der Waals surface area contributed by atoms with Gasteiger partial charge in [-0.3, -0.25) is 9.97 Å². The van der Waals surface area contributed by atoms with Crippen molar-refractivity contribution in [2.24, 2.45) is 0 Å². The molecule has 0 aliphatic carbocycles. The minimum atomic E-state index is -0.223. The van der Waals surface area contributed by atoms with E-state index in [9.17, 15) is 4.39 Å². The molecule has 0 atom stereocenters. The van der Waals surface area contributed by atoms with E-state index in [1.807, 2.05) is 30.6 Å². The van der Waals surface area contributed by atoms with Gasteiger partial charge in [-0.05, 0) is 64.2 Å². The Morgan fingerprint density at radius 3 is 1.69 bits per heavy atom. The van der Waals surface area contributed by atoms with Crippen LogP contribution in [0.25, 0.3) is 55.5 Å². The van der Waals surface area contributed by atoms with E-state index in [-0.39, 0.29) is 5.82 Å². The van der Waals surface area contributed by atoms with Crippen molar-refractivity contribution in [1.29, 1.82) is 0 Å². The highest BCUT2D eigenvalue weighted by Gasteiger charge is 2.06. The zero-order chi connectivity index (χ0) is 23.6. The summed E-state index contributed by atoms with van der Waals surface area (Å²) >= 11 is 0. The minimum absolute atomic E-state index is 0.223. The van der Waals surface area contributed by atoms with E-state index in [0.717, 1.165) is 55.5 Å². The van der Waals surface area contributed by atoms with Crippen LogP contribution in [-0.2, 0) is 0 Å². The Hall–Kier alpha value is -4.63. The Morgan fingerprint density at radius 1 is 0.457 bits per heavy atom. The predicted octanol–water partition coefficient (Wildman–Crippen LogP) is 8.44. The number of benzene rings is 4. The molecule has 0 unspecified atom stereocenters. The van der Waals surface area contributed by atoms with Gasteiger partial charge in [-0.1, -0.05) is 78.9 Å². The summed E-state index contributed by atoms with van der Waals surface area (Å²) in [5.74, 6) is -0.223. The minimum Gasteiger partial charge on any atom is -0.256 e. The summed E-state index contributed by atoms with van der Waals surface area (Å²) < 4.78 is 13.2. The SMILES string of the molecule is Fc1ccc(-c2ccc(-c3ccc4cc(-c5ccc(-c6ccccn6)cc5)cnc4c3)cc2)cc1. The molecule has 0 aliphatic heterocycles. The van der Waals surface area contributed by atoms with Crippen molar-refractivity contribution in [3.05, 3.63) is 133 Å². The maximum atomic E-state index is 13.2. The lowest BCUT2D eigenvalue weighted by Crippen LogP contribution is -1.86. The van der Waals surface area contributed by atoms with Gasteiger partial charge < -0.3 is 0 Å². The third kappa shape index (κ3) is 4.32. The topological polar surface area (TPSA) is 25.8 Å². The highest BCUT2D eigenvalue weighted by molar-refractivity contribution is 5.88. The van der Waals surface area contributed by atoms with Crippen LogP contribution in [0.3, 0.4) is 0 Å². The molecule has 0 amide bonds. The smallest absolute Gasteiger partial charge is 0.123 e. The van der Waals surface area contributed by atoms with E-state index in [1.165, 1.54) is 12.1 Å². The van der Waals surface area contributed by atoms with Gasteiger partial charge in [0.15, 0.2) is 0 Å². The van der Waals surface area contributed by atoms with Gasteiger partial charge in [-0.15, -0.1) is 0 Å². The summed E-state index contributed by atoms with van der Waals surface area (Å²) in [6.45, 7) is 0. The monoisotopic (exact) mass is 452 g/mol.